The van der Waals surface area contributed by atoms with E-state index >= 15 is 0 Å². The Kier molecular flexibility index (Phi) is 3.91. The maximum atomic E-state index is 12.1. The van der Waals surface area contributed by atoms with Crippen molar-refractivity contribution < 1.29 is 8.42 Å². The molecule has 0 bridgehead atoms. The van der Waals surface area contributed by atoms with Gasteiger partial charge < -0.3 is 5.73 Å². The molecule has 0 amide bonds. The van der Waals surface area contributed by atoms with Gasteiger partial charge in [-0.25, -0.2) is 8.42 Å². The van der Waals surface area contributed by atoms with Gasteiger partial charge in [-0.1, -0.05) is 17.7 Å². The van der Waals surface area contributed by atoms with Crippen LogP contribution in [0.2, 0.25) is 5.02 Å². The topological polar surface area (TPSA) is 72.2 Å². The summed E-state index contributed by atoms with van der Waals surface area (Å²) in [5, 5.41) is 2.04. The molecule has 0 aliphatic rings. The Morgan fingerprint density at radius 2 is 2.11 bits per heavy atom. The molecule has 0 fully saturated rings. The molecule has 2 aromatic rings. The number of anilines is 1. The molecule has 96 valence electrons. The number of rotatable bonds is 4. The van der Waals surface area contributed by atoms with Gasteiger partial charge in [0.25, 0.3) is 10.0 Å². The average molecular weight is 303 g/mol. The fourth-order valence-electron chi connectivity index (χ4n) is 1.37. The van der Waals surface area contributed by atoms with E-state index in [2.05, 4.69) is 4.72 Å². The van der Waals surface area contributed by atoms with E-state index in [0.717, 1.165) is 4.88 Å². The largest absolute Gasteiger partial charge is 0.326 e. The fraction of sp³-hybridized carbons (Fsp3) is 0.0909. The van der Waals surface area contributed by atoms with Crippen molar-refractivity contribution in [2.75, 3.05) is 4.72 Å². The third-order valence-electron chi connectivity index (χ3n) is 2.22. The van der Waals surface area contributed by atoms with E-state index in [-0.39, 0.29) is 4.90 Å². The van der Waals surface area contributed by atoms with Crippen LogP contribution in [-0.2, 0) is 16.6 Å². The van der Waals surface area contributed by atoms with E-state index in [1.807, 2.05) is 0 Å². The summed E-state index contributed by atoms with van der Waals surface area (Å²) in [5.74, 6) is 0. The van der Waals surface area contributed by atoms with Crippen LogP contribution in [0.15, 0.2) is 40.6 Å². The molecule has 0 saturated carbocycles. The molecule has 7 heteroatoms. The Bertz CT molecular complexity index is 653. The van der Waals surface area contributed by atoms with Crippen LogP contribution in [0.1, 0.15) is 4.88 Å². The third kappa shape index (κ3) is 3.02. The lowest BCUT2D eigenvalue weighted by Crippen LogP contribution is -2.12. The summed E-state index contributed by atoms with van der Waals surface area (Å²) in [6.07, 6.45) is 0. The van der Waals surface area contributed by atoms with Crippen LogP contribution in [0.3, 0.4) is 0 Å². The third-order valence-corrected chi connectivity index (χ3v) is 4.92. The molecule has 18 heavy (non-hydrogen) atoms. The Hall–Kier alpha value is -1.08. The van der Waals surface area contributed by atoms with Crippen LogP contribution in [-0.4, -0.2) is 8.42 Å². The summed E-state index contributed by atoms with van der Waals surface area (Å²) in [6.45, 7) is 0.331. The highest BCUT2D eigenvalue weighted by Gasteiger charge is 2.16. The van der Waals surface area contributed by atoms with Gasteiger partial charge in [0.2, 0.25) is 0 Å². The van der Waals surface area contributed by atoms with Gasteiger partial charge >= 0.3 is 0 Å². The molecule has 0 aliphatic carbocycles. The van der Waals surface area contributed by atoms with Crippen LogP contribution in [0.4, 0.5) is 5.69 Å². The SMILES string of the molecule is NCc1cc(S(=O)(=O)Nc2cccc(Cl)c2)cs1. The monoisotopic (exact) mass is 302 g/mol. The van der Waals surface area contributed by atoms with Crippen molar-refractivity contribution >= 4 is 38.6 Å². The van der Waals surface area contributed by atoms with Crippen molar-refractivity contribution in [3.63, 3.8) is 0 Å². The van der Waals surface area contributed by atoms with E-state index in [4.69, 9.17) is 17.3 Å². The van der Waals surface area contributed by atoms with Crippen molar-refractivity contribution in [1.82, 2.24) is 0 Å². The van der Waals surface area contributed by atoms with Crippen molar-refractivity contribution in [2.24, 2.45) is 5.73 Å². The summed E-state index contributed by atoms with van der Waals surface area (Å²) in [5.41, 5.74) is 5.89. The molecule has 1 heterocycles. The number of hydrogen-bond acceptors (Lipinski definition) is 4. The van der Waals surface area contributed by atoms with Gasteiger partial charge in [0.1, 0.15) is 0 Å². The Labute approximate surface area is 114 Å². The van der Waals surface area contributed by atoms with Gasteiger partial charge in [-0.2, -0.15) is 0 Å². The molecule has 0 unspecified atom stereocenters. The normalized spacial score (nSPS) is 11.4. The first-order valence-electron chi connectivity index (χ1n) is 5.07. The maximum absolute atomic E-state index is 12.1. The Balaban J connectivity index is 2.27. The van der Waals surface area contributed by atoms with Crippen LogP contribution < -0.4 is 10.5 Å². The van der Waals surface area contributed by atoms with E-state index in [1.54, 1.807) is 35.7 Å². The Morgan fingerprint density at radius 3 is 2.72 bits per heavy atom. The number of nitrogens with one attached hydrogen (secondary N) is 1. The van der Waals surface area contributed by atoms with Crippen molar-refractivity contribution in [2.45, 2.75) is 11.4 Å². The van der Waals surface area contributed by atoms with Gasteiger partial charge in [-0.05, 0) is 24.3 Å². The maximum Gasteiger partial charge on any atom is 0.262 e. The second-order valence-corrected chi connectivity index (χ2v) is 6.68. The molecule has 0 saturated heterocycles. The van der Waals surface area contributed by atoms with Gasteiger partial charge in [0, 0.05) is 21.8 Å². The summed E-state index contributed by atoms with van der Waals surface area (Å²) in [6, 6.07) is 8.11. The van der Waals surface area contributed by atoms with Crippen molar-refractivity contribution in [3.05, 3.63) is 45.6 Å². The van der Waals surface area contributed by atoms with E-state index in [9.17, 15) is 8.42 Å². The molecule has 0 aliphatic heterocycles. The minimum absolute atomic E-state index is 0.216. The minimum atomic E-state index is -3.57. The molecular formula is C11H11ClN2O2S2. The van der Waals surface area contributed by atoms with E-state index in [0.29, 0.717) is 17.3 Å². The fourth-order valence-corrected chi connectivity index (χ4v) is 3.77. The van der Waals surface area contributed by atoms with Crippen molar-refractivity contribution in [3.8, 4) is 0 Å². The lowest BCUT2D eigenvalue weighted by Gasteiger charge is -2.06. The van der Waals surface area contributed by atoms with Crippen LogP contribution >= 0.6 is 22.9 Å². The van der Waals surface area contributed by atoms with Crippen molar-refractivity contribution in [1.29, 1.82) is 0 Å². The first kappa shape index (κ1) is 13.4. The van der Waals surface area contributed by atoms with E-state index in [1.165, 1.54) is 11.3 Å². The minimum Gasteiger partial charge on any atom is -0.326 e. The zero-order valence-electron chi connectivity index (χ0n) is 9.26. The van der Waals surface area contributed by atoms with Gasteiger partial charge in [0.05, 0.1) is 10.6 Å². The highest BCUT2D eigenvalue weighted by molar-refractivity contribution is 7.92. The van der Waals surface area contributed by atoms with Crippen LogP contribution in [0.5, 0.6) is 0 Å². The molecule has 2 rings (SSSR count). The van der Waals surface area contributed by atoms with Gasteiger partial charge in [-0.15, -0.1) is 11.3 Å². The smallest absolute Gasteiger partial charge is 0.262 e. The summed E-state index contributed by atoms with van der Waals surface area (Å²) in [4.78, 5) is 1.04. The first-order valence-corrected chi connectivity index (χ1v) is 7.81. The number of sulfonamides is 1. The summed E-state index contributed by atoms with van der Waals surface area (Å²) >= 11 is 7.12. The number of thiophene rings is 1. The molecule has 3 N–H and O–H groups in total. The van der Waals surface area contributed by atoms with Crippen LogP contribution in [0, 0.1) is 0 Å². The molecular weight excluding hydrogens is 292 g/mol. The zero-order chi connectivity index (χ0) is 13.2. The highest BCUT2D eigenvalue weighted by Crippen LogP contribution is 2.23. The average Bonchev–Trinajstić information content (AvgIpc) is 2.77. The molecule has 4 nitrogen and oxygen atoms in total. The molecule has 1 aromatic heterocycles. The Morgan fingerprint density at radius 1 is 1.33 bits per heavy atom. The highest BCUT2D eigenvalue weighted by atomic mass is 35.5. The van der Waals surface area contributed by atoms with Gasteiger partial charge in [-0.3, -0.25) is 4.72 Å². The predicted molar refractivity (Wildman–Crippen MR) is 74.5 cm³/mol. The molecule has 1 aromatic carbocycles. The lowest BCUT2D eigenvalue weighted by molar-refractivity contribution is 0.601. The second-order valence-electron chi connectivity index (χ2n) is 3.57. The number of nitrogens with two attached hydrogens (primary N) is 1. The summed E-state index contributed by atoms with van der Waals surface area (Å²) < 4.78 is 26.6. The summed E-state index contributed by atoms with van der Waals surface area (Å²) in [7, 11) is -3.57. The quantitative estimate of drug-likeness (QED) is 0.912. The standard InChI is InChI=1S/C11H11ClN2O2S2/c12-8-2-1-3-9(4-8)14-18(15,16)11-5-10(6-13)17-7-11/h1-5,7,14H,6,13H2. The number of benzene rings is 1. The molecule has 0 spiro atoms. The second kappa shape index (κ2) is 5.27. The number of halogens is 1. The zero-order valence-corrected chi connectivity index (χ0v) is 11.6. The number of hydrogen-bond donors (Lipinski definition) is 2. The van der Waals surface area contributed by atoms with Crippen LogP contribution in [0.25, 0.3) is 0 Å². The lowest BCUT2D eigenvalue weighted by atomic mass is 10.3. The first-order chi connectivity index (χ1) is 8.51. The molecule has 0 atom stereocenters. The predicted octanol–water partition coefficient (Wildman–Crippen LogP) is 2.66. The van der Waals surface area contributed by atoms with Gasteiger partial charge in [0.15, 0.2) is 0 Å². The molecule has 0 radical (unpaired) electrons. The van der Waals surface area contributed by atoms with E-state index < -0.39 is 10.0 Å².